The molecule has 5 N–H and O–H groups in total. The lowest BCUT2D eigenvalue weighted by Gasteiger charge is -2.56. The zero-order valence-electron chi connectivity index (χ0n) is 23.1. The van der Waals surface area contributed by atoms with E-state index in [1.54, 1.807) is 14.1 Å². The van der Waals surface area contributed by atoms with E-state index >= 15 is 0 Å². The standard InChI is InChI=1S/C31H36N2O7/c1-4-16-12-17(11-10-15-8-6-5-7-9-15)25(34)22-19(16)13-18-14-20-24(33(2)3)27(36)23(30(32)39)29(38)31(20,40)28(37)21(18)26(22)35/h8,12,18,20-21,23-24,28,34,37,40H,4-7,9,13-14H2,1-3H3,(H2,32,39)/t18-,20-,21?,23?,24-,28?,31-/m0/s1. The van der Waals surface area contributed by atoms with Crippen molar-refractivity contribution >= 4 is 23.3 Å². The largest absolute Gasteiger partial charge is 0.506 e. The third-order valence-electron chi connectivity index (χ3n) is 9.42. The van der Waals surface area contributed by atoms with Gasteiger partial charge in [-0.3, -0.25) is 24.1 Å². The number of benzene rings is 1. The van der Waals surface area contributed by atoms with Crippen molar-refractivity contribution < 1.29 is 34.5 Å². The first-order chi connectivity index (χ1) is 18.9. The molecule has 212 valence electrons. The zero-order chi connectivity index (χ0) is 29.1. The van der Waals surface area contributed by atoms with Crippen LogP contribution in [0.5, 0.6) is 5.75 Å². The second-order valence-electron chi connectivity index (χ2n) is 11.8. The predicted molar refractivity (Wildman–Crippen MR) is 145 cm³/mol. The Morgan fingerprint density at radius 2 is 1.93 bits per heavy atom. The highest BCUT2D eigenvalue weighted by Gasteiger charge is 2.69. The van der Waals surface area contributed by atoms with Crippen LogP contribution in [0.1, 0.15) is 66.1 Å². The summed E-state index contributed by atoms with van der Waals surface area (Å²) in [6.07, 6.45) is 5.17. The summed E-state index contributed by atoms with van der Waals surface area (Å²) < 4.78 is 0. The molecule has 0 aliphatic heterocycles. The molecule has 7 atom stereocenters. The summed E-state index contributed by atoms with van der Waals surface area (Å²) in [6.45, 7) is 1.95. The third kappa shape index (κ3) is 4.12. The number of allylic oxidation sites excluding steroid dienone is 2. The minimum Gasteiger partial charge on any atom is -0.506 e. The topological polar surface area (TPSA) is 158 Å². The number of aliphatic hydroxyl groups excluding tert-OH is 1. The Kier molecular flexibility index (Phi) is 7.24. The van der Waals surface area contributed by atoms with Gasteiger partial charge in [0.15, 0.2) is 28.9 Å². The van der Waals surface area contributed by atoms with Crippen molar-refractivity contribution in [2.75, 3.05) is 14.1 Å². The number of fused-ring (bicyclic) bond motifs is 3. The molecule has 5 rings (SSSR count). The van der Waals surface area contributed by atoms with Gasteiger partial charge in [0.2, 0.25) is 5.91 Å². The summed E-state index contributed by atoms with van der Waals surface area (Å²) in [6, 6.07) is 0.750. The molecule has 4 aliphatic rings. The van der Waals surface area contributed by atoms with Gasteiger partial charge in [0.1, 0.15) is 11.9 Å². The fourth-order valence-corrected chi connectivity index (χ4v) is 7.49. The van der Waals surface area contributed by atoms with Crippen molar-refractivity contribution in [2.24, 2.45) is 29.4 Å². The average Bonchev–Trinajstić information content (AvgIpc) is 2.90. The molecule has 2 fully saturated rings. The van der Waals surface area contributed by atoms with Gasteiger partial charge in [0.05, 0.1) is 23.1 Å². The lowest BCUT2D eigenvalue weighted by Crippen LogP contribution is -2.75. The van der Waals surface area contributed by atoms with Gasteiger partial charge >= 0.3 is 0 Å². The number of phenolic OH excluding ortho intramolecular Hbond substituents is 1. The van der Waals surface area contributed by atoms with Gasteiger partial charge in [0, 0.05) is 5.92 Å². The Labute approximate surface area is 233 Å². The SMILES string of the molecule is CCc1cc(C#CC2=CCCCC2)c(O)c2c1C[C@H]1C[C@H]3[C@H](N(C)C)C(=O)C(C(N)=O)C(=O)[C@@]3(O)C(O)C1C2=O. The molecule has 40 heavy (non-hydrogen) atoms. The first kappa shape index (κ1) is 28.2. The van der Waals surface area contributed by atoms with Crippen LogP contribution >= 0.6 is 0 Å². The van der Waals surface area contributed by atoms with Crippen LogP contribution in [0, 0.1) is 35.5 Å². The molecule has 0 spiro atoms. The van der Waals surface area contributed by atoms with Gasteiger partial charge in [0.25, 0.3) is 0 Å². The highest BCUT2D eigenvalue weighted by Crippen LogP contribution is 2.53. The molecule has 0 heterocycles. The maximum atomic E-state index is 14.1. The molecule has 1 aromatic rings. The number of aromatic hydroxyl groups is 1. The Hall–Kier alpha value is -3.32. The molecule has 9 nitrogen and oxygen atoms in total. The monoisotopic (exact) mass is 548 g/mol. The molecule has 9 heteroatoms. The van der Waals surface area contributed by atoms with Crippen molar-refractivity contribution in [2.45, 2.75) is 69.6 Å². The van der Waals surface area contributed by atoms with Crippen LogP contribution in [0.2, 0.25) is 0 Å². The fraction of sp³-hybridized carbons (Fsp3) is 0.548. The normalized spacial score (nSPS) is 33.4. The van der Waals surface area contributed by atoms with Crippen molar-refractivity contribution in [3.8, 4) is 17.6 Å². The maximum Gasteiger partial charge on any atom is 0.235 e. The first-order valence-electron chi connectivity index (χ1n) is 14.0. The number of hydrogen-bond acceptors (Lipinski definition) is 8. The zero-order valence-corrected chi connectivity index (χ0v) is 23.1. The minimum atomic E-state index is -2.54. The van der Waals surface area contributed by atoms with E-state index < -0.39 is 64.7 Å². The maximum absolute atomic E-state index is 14.1. The number of nitrogens with two attached hydrogens (primary N) is 1. The minimum absolute atomic E-state index is 0.0542. The molecule has 0 saturated heterocycles. The van der Waals surface area contributed by atoms with Crippen molar-refractivity contribution in [1.82, 2.24) is 4.90 Å². The molecule has 1 aromatic carbocycles. The number of amides is 1. The van der Waals surface area contributed by atoms with E-state index in [4.69, 9.17) is 5.73 Å². The summed E-state index contributed by atoms with van der Waals surface area (Å²) in [5, 5.41) is 34.7. The number of ketones is 3. The molecule has 0 radical (unpaired) electrons. The Bertz CT molecular complexity index is 1400. The molecule has 4 aliphatic carbocycles. The number of aryl methyl sites for hydroxylation is 1. The smallest absolute Gasteiger partial charge is 0.235 e. The highest BCUT2D eigenvalue weighted by atomic mass is 16.4. The number of likely N-dealkylation sites (N-methyl/N-ethyl adjacent to an activating group) is 1. The Morgan fingerprint density at radius 3 is 2.52 bits per heavy atom. The molecule has 0 bridgehead atoms. The molecular weight excluding hydrogens is 512 g/mol. The quantitative estimate of drug-likeness (QED) is 0.323. The number of Topliss-reactive ketones (excluding diaryl/α,β-unsaturated/α-hetero) is 3. The number of phenols is 1. The van der Waals surface area contributed by atoms with Gasteiger partial charge in [-0.15, -0.1) is 0 Å². The lowest BCUT2D eigenvalue weighted by atomic mass is 9.51. The van der Waals surface area contributed by atoms with Crippen molar-refractivity contribution in [3.05, 3.63) is 40.0 Å². The highest BCUT2D eigenvalue weighted by molar-refractivity contribution is 6.24. The van der Waals surface area contributed by atoms with Crippen LogP contribution in [0.3, 0.4) is 0 Å². The first-order valence-corrected chi connectivity index (χ1v) is 14.0. The van der Waals surface area contributed by atoms with Crippen LogP contribution in [-0.2, 0) is 27.2 Å². The van der Waals surface area contributed by atoms with Crippen LogP contribution in [0.25, 0.3) is 0 Å². The number of carbonyl (C=O) groups is 4. The van der Waals surface area contributed by atoms with E-state index in [0.717, 1.165) is 36.8 Å². The Morgan fingerprint density at radius 1 is 1.20 bits per heavy atom. The number of hydrogen-bond donors (Lipinski definition) is 4. The number of rotatable bonds is 3. The van der Waals surface area contributed by atoms with Gasteiger partial charge in [-0.2, -0.15) is 0 Å². The van der Waals surface area contributed by atoms with Crippen LogP contribution in [0.15, 0.2) is 17.7 Å². The number of primary amides is 1. The second-order valence-corrected chi connectivity index (χ2v) is 11.8. The molecular formula is C31H36N2O7. The van der Waals surface area contributed by atoms with Crippen molar-refractivity contribution in [3.63, 3.8) is 0 Å². The number of carbonyl (C=O) groups excluding carboxylic acids is 4. The number of aliphatic hydroxyl groups is 2. The lowest BCUT2D eigenvalue weighted by molar-refractivity contribution is -0.203. The summed E-state index contributed by atoms with van der Waals surface area (Å²) >= 11 is 0. The van der Waals surface area contributed by atoms with Crippen LogP contribution in [-0.4, -0.2) is 75.3 Å². The van der Waals surface area contributed by atoms with E-state index in [9.17, 15) is 34.5 Å². The summed E-state index contributed by atoms with van der Waals surface area (Å²) in [4.78, 5) is 54.4. The predicted octanol–water partition coefficient (Wildman–Crippen LogP) is 1.07. The molecule has 3 unspecified atom stereocenters. The summed E-state index contributed by atoms with van der Waals surface area (Å²) in [5.74, 6) is -2.48. The fourth-order valence-electron chi connectivity index (χ4n) is 7.49. The Balaban J connectivity index is 1.61. The van der Waals surface area contributed by atoms with Gasteiger partial charge in [-0.05, 0) is 87.7 Å². The van der Waals surface area contributed by atoms with E-state index in [1.165, 1.54) is 4.90 Å². The molecule has 2 saturated carbocycles. The van der Waals surface area contributed by atoms with E-state index in [-0.39, 0.29) is 17.7 Å². The average molecular weight is 549 g/mol. The van der Waals surface area contributed by atoms with Crippen LogP contribution in [0.4, 0.5) is 0 Å². The molecule has 0 aromatic heterocycles. The van der Waals surface area contributed by atoms with E-state index in [0.29, 0.717) is 24.0 Å². The summed E-state index contributed by atoms with van der Waals surface area (Å²) in [5.41, 5.74) is 5.74. The van der Waals surface area contributed by atoms with E-state index in [2.05, 4.69) is 17.9 Å². The summed E-state index contributed by atoms with van der Waals surface area (Å²) in [7, 11) is 3.19. The van der Waals surface area contributed by atoms with Crippen molar-refractivity contribution in [1.29, 1.82) is 0 Å². The second kappa shape index (κ2) is 10.3. The van der Waals surface area contributed by atoms with Gasteiger partial charge < -0.3 is 21.1 Å². The third-order valence-corrected chi connectivity index (χ3v) is 9.42. The van der Waals surface area contributed by atoms with Gasteiger partial charge in [-0.25, -0.2) is 0 Å². The van der Waals surface area contributed by atoms with Crippen LogP contribution < -0.4 is 5.73 Å². The van der Waals surface area contributed by atoms with Gasteiger partial charge in [-0.1, -0.05) is 24.8 Å². The molecule has 1 amide bonds. The number of nitrogens with zero attached hydrogens (tertiary/aromatic N) is 1. The van der Waals surface area contributed by atoms with E-state index in [1.807, 2.05) is 13.0 Å².